The molecule has 0 aliphatic heterocycles. The van der Waals surface area contributed by atoms with Crippen LogP contribution in [0.4, 0.5) is 11.4 Å². The monoisotopic (exact) mass is 315 g/mol. The minimum absolute atomic E-state index is 0.591. The molecule has 0 saturated carbocycles. The SMILES string of the molecule is CCCNc1ccc(NC)cc1-c1nc2cc(Cl)ccc2o1. The van der Waals surface area contributed by atoms with Gasteiger partial charge >= 0.3 is 0 Å². The molecule has 0 aliphatic rings. The molecule has 0 amide bonds. The number of nitrogens with zero attached hydrogens (tertiary/aromatic N) is 1. The van der Waals surface area contributed by atoms with E-state index in [1.165, 1.54) is 0 Å². The summed E-state index contributed by atoms with van der Waals surface area (Å²) in [5.74, 6) is 0.591. The zero-order valence-corrected chi connectivity index (χ0v) is 13.4. The highest BCUT2D eigenvalue weighted by Crippen LogP contribution is 2.33. The molecule has 3 rings (SSSR count). The van der Waals surface area contributed by atoms with Crippen LogP contribution in [0.25, 0.3) is 22.6 Å². The van der Waals surface area contributed by atoms with Crippen LogP contribution in [-0.4, -0.2) is 18.6 Å². The summed E-state index contributed by atoms with van der Waals surface area (Å²) < 4.78 is 5.89. The van der Waals surface area contributed by atoms with Crippen LogP contribution in [0.2, 0.25) is 5.02 Å². The van der Waals surface area contributed by atoms with Crippen molar-refractivity contribution >= 4 is 34.1 Å². The zero-order valence-electron chi connectivity index (χ0n) is 12.6. The first-order chi connectivity index (χ1) is 10.7. The number of anilines is 2. The average Bonchev–Trinajstić information content (AvgIpc) is 2.95. The highest BCUT2D eigenvalue weighted by atomic mass is 35.5. The number of aromatic nitrogens is 1. The second-order valence-corrected chi connectivity index (χ2v) is 5.50. The van der Waals surface area contributed by atoms with E-state index in [1.807, 2.05) is 37.4 Å². The topological polar surface area (TPSA) is 50.1 Å². The predicted octanol–water partition coefficient (Wildman–Crippen LogP) is 5.01. The Hall–Kier alpha value is -2.20. The Morgan fingerprint density at radius 3 is 2.82 bits per heavy atom. The first kappa shape index (κ1) is 14.7. The summed E-state index contributed by atoms with van der Waals surface area (Å²) in [6.07, 6.45) is 1.05. The van der Waals surface area contributed by atoms with Gasteiger partial charge < -0.3 is 15.1 Å². The number of benzene rings is 2. The molecular formula is C17H18ClN3O. The Morgan fingerprint density at radius 1 is 1.18 bits per heavy atom. The third-order valence-electron chi connectivity index (χ3n) is 3.45. The van der Waals surface area contributed by atoms with E-state index in [2.05, 4.69) is 22.5 Å². The second kappa shape index (κ2) is 6.28. The van der Waals surface area contributed by atoms with Gasteiger partial charge in [0.2, 0.25) is 5.89 Å². The molecule has 4 nitrogen and oxygen atoms in total. The molecule has 114 valence electrons. The predicted molar refractivity (Wildman–Crippen MR) is 92.8 cm³/mol. The maximum atomic E-state index is 6.02. The van der Waals surface area contributed by atoms with E-state index < -0.39 is 0 Å². The smallest absolute Gasteiger partial charge is 0.229 e. The fourth-order valence-corrected chi connectivity index (χ4v) is 2.47. The van der Waals surface area contributed by atoms with E-state index in [0.717, 1.165) is 41.0 Å². The van der Waals surface area contributed by atoms with Gasteiger partial charge in [-0.05, 0) is 42.8 Å². The van der Waals surface area contributed by atoms with Crippen LogP contribution in [0.1, 0.15) is 13.3 Å². The van der Waals surface area contributed by atoms with Crippen LogP contribution in [0.5, 0.6) is 0 Å². The van der Waals surface area contributed by atoms with Crippen molar-refractivity contribution in [3.8, 4) is 11.5 Å². The summed E-state index contributed by atoms with van der Waals surface area (Å²) in [7, 11) is 1.89. The lowest BCUT2D eigenvalue weighted by Gasteiger charge is -2.11. The highest BCUT2D eigenvalue weighted by Gasteiger charge is 2.13. The van der Waals surface area contributed by atoms with Crippen molar-refractivity contribution in [1.29, 1.82) is 0 Å². The summed E-state index contributed by atoms with van der Waals surface area (Å²) in [5, 5.41) is 7.21. The molecule has 1 aromatic heterocycles. The molecule has 0 fully saturated rings. The molecule has 0 radical (unpaired) electrons. The van der Waals surface area contributed by atoms with Gasteiger partial charge in [-0.25, -0.2) is 4.98 Å². The van der Waals surface area contributed by atoms with Crippen molar-refractivity contribution in [2.45, 2.75) is 13.3 Å². The lowest BCUT2D eigenvalue weighted by atomic mass is 10.1. The fourth-order valence-electron chi connectivity index (χ4n) is 2.31. The van der Waals surface area contributed by atoms with E-state index in [0.29, 0.717) is 10.9 Å². The van der Waals surface area contributed by atoms with E-state index in [4.69, 9.17) is 16.0 Å². The third kappa shape index (κ3) is 2.88. The van der Waals surface area contributed by atoms with Crippen LogP contribution in [0.3, 0.4) is 0 Å². The minimum Gasteiger partial charge on any atom is -0.436 e. The lowest BCUT2D eigenvalue weighted by Crippen LogP contribution is -2.02. The maximum absolute atomic E-state index is 6.02. The second-order valence-electron chi connectivity index (χ2n) is 5.07. The summed E-state index contributed by atoms with van der Waals surface area (Å²) >= 11 is 6.02. The molecule has 5 heteroatoms. The normalized spacial score (nSPS) is 10.9. The van der Waals surface area contributed by atoms with Crippen molar-refractivity contribution in [2.75, 3.05) is 24.2 Å². The third-order valence-corrected chi connectivity index (χ3v) is 3.69. The Labute approximate surface area is 134 Å². The maximum Gasteiger partial charge on any atom is 0.229 e. The fraction of sp³-hybridized carbons (Fsp3) is 0.235. The average molecular weight is 316 g/mol. The molecule has 0 unspecified atom stereocenters. The summed E-state index contributed by atoms with van der Waals surface area (Å²) in [4.78, 5) is 4.57. The summed E-state index contributed by atoms with van der Waals surface area (Å²) in [5.41, 5.74) is 4.46. The summed E-state index contributed by atoms with van der Waals surface area (Å²) in [6, 6.07) is 11.6. The van der Waals surface area contributed by atoms with Gasteiger partial charge in [-0.1, -0.05) is 18.5 Å². The lowest BCUT2D eigenvalue weighted by molar-refractivity contribution is 0.620. The van der Waals surface area contributed by atoms with Crippen molar-refractivity contribution in [3.63, 3.8) is 0 Å². The number of hydrogen-bond donors (Lipinski definition) is 2. The van der Waals surface area contributed by atoms with E-state index in [-0.39, 0.29) is 0 Å². The zero-order chi connectivity index (χ0) is 15.5. The van der Waals surface area contributed by atoms with Gasteiger partial charge in [-0.2, -0.15) is 0 Å². The van der Waals surface area contributed by atoms with Gasteiger partial charge in [0.1, 0.15) is 5.52 Å². The number of fused-ring (bicyclic) bond motifs is 1. The molecule has 1 heterocycles. The van der Waals surface area contributed by atoms with Gasteiger partial charge in [0.15, 0.2) is 5.58 Å². The standard InChI is InChI=1S/C17H18ClN3O/c1-3-8-20-14-6-5-12(19-2)10-13(14)17-21-15-9-11(18)4-7-16(15)22-17/h4-7,9-10,19-20H,3,8H2,1-2H3. The van der Waals surface area contributed by atoms with Gasteiger partial charge in [0.05, 0.1) is 5.56 Å². The van der Waals surface area contributed by atoms with Crippen LogP contribution in [-0.2, 0) is 0 Å². The van der Waals surface area contributed by atoms with Gasteiger partial charge in [-0.15, -0.1) is 0 Å². The van der Waals surface area contributed by atoms with E-state index >= 15 is 0 Å². The molecule has 3 aromatic rings. The molecule has 22 heavy (non-hydrogen) atoms. The molecule has 0 aliphatic carbocycles. The Kier molecular flexibility index (Phi) is 4.20. The van der Waals surface area contributed by atoms with Crippen LogP contribution in [0.15, 0.2) is 40.8 Å². The van der Waals surface area contributed by atoms with Crippen LogP contribution in [0, 0.1) is 0 Å². The molecule has 0 spiro atoms. The Bertz CT molecular complexity index is 798. The van der Waals surface area contributed by atoms with Gasteiger partial charge in [-0.3, -0.25) is 0 Å². The quantitative estimate of drug-likeness (QED) is 0.694. The largest absolute Gasteiger partial charge is 0.436 e. The number of rotatable bonds is 5. The molecule has 0 bridgehead atoms. The van der Waals surface area contributed by atoms with E-state index in [1.54, 1.807) is 6.07 Å². The first-order valence-corrected chi connectivity index (χ1v) is 7.71. The Balaban J connectivity index is 2.10. The van der Waals surface area contributed by atoms with Gasteiger partial charge in [0.25, 0.3) is 0 Å². The number of hydrogen-bond acceptors (Lipinski definition) is 4. The molecule has 2 aromatic carbocycles. The molecule has 0 saturated heterocycles. The van der Waals surface area contributed by atoms with Crippen LogP contribution < -0.4 is 10.6 Å². The summed E-state index contributed by atoms with van der Waals surface area (Å²) in [6.45, 7) is 3.04. The number of halogens is 1. The van der Waals surface area contributed by atoms with Crippen molar-refractivity contribution < 1.29 is 4.42 Å². The number of oxazole rings is 1. The van der Waals surface area contributed by atoms with Crippen molar-refractivity contribution in [3.05, 3.63) is 41.4 Å². The van der Waals surface area contributed by atoms with Crippen molar-refractivity contribution in [2.24, 2.45) is 0 Å². The highest BCUT2D eigenvalue weighted by molar-refractivity contribution is 6.31. The minimum atomic E-state index is 0.591. The van der Waals surface area contributed by atoms with Crippen LogP contribution >= 0.6 is 11.6 Å². The van der Waals surface area contributed by atoms with E-state index in [9.17, 15) is 0 Å². The molecule has 0 atom stereocenters. The number of nitrogens with one attached hydrogen (secondary N) is 2. The molecule has 2 N–H and O–H groups in total. The van der Waals surface area contributed by atoms with Gasteiger partial charge in [0, 0.05) is 30.0 Å². The Morgan fingerprint density at radius 2 is 2.05 bits per heavy atom. The molecular weight excluding hydrogens is 298 g/mol. The van der Waals surface area contributed by atoms with Crippen molar-refractivity contribution in [1.82, 2.24) is 4.98 Å². The first-order valence-electron chi connectivity index (χ1n) is 7.33.